The summed E-state index contributed by atoms with van der Waals surface area (Å²) in [4.78, 5) is 48.2. The van der Waals surface area contributed by atoms with Crippen LogP contribution in [0.25, 0.3) is 66.9 Å². The molecule has 9 aromatic heterocycles. The topological polar surface area (TPSA) is 254 Å². The van der Waals surface area contributed by atoms with Crippen molar-refractivity contribution in [2.75, 3.05) is 64.3 Å². The summed E-state index contributed by atoms with van der Waals surface area (Å²) < 4.78 is 9.62. The molecule has 0 bridgehead atoms. The first-order chi connectivity index (χ1) is 39.9. The Bertz CT molecular complexity index is 3450. The molecule has 0 amide bonds. The first-order valence-electron chi connectivity index (χ1n) is 28.9. The van der Waals surface area contributed by atoms with Gasteiger partial charge in [-0.25, -0.2) is 44.9 Å². The standard InChI is InChI=1S/C22H30N6O2.C21H28N6O.C18H21N5O/c1-27(2)12-17(30)13-28-14-19(18-4-3-10-23-21(18)28)20-9-11-24-22(26-20)25-15-5-7-16(29)8-6-15;1-26(2)12-13-27-14-18(17-4-3-10-22-20(17)27)19-9-11-23-21(25-19)24-15-5-7-16(28)8-6-15;1-24-13-6-4-12(5-7-13)22-18-20-10-8-16(23-18)15-11-21-17-14(15)3-2-9-19-17/h3-4,9-11,14-17,29-30H,5-8,12-13H2,1-2H3,(H,24,25,26);3-4,9-11,14-16,28H,5-8,12-13H2,1-2H3,(H,23,24,25);2-3,8-13H,4-7H2,1H3,(H,19,21)(H,20,22,23). The predicted molar refractivity (Wildman–Crippen MR) is 322 cm³/mol. The van der Waals surface area contributed by atoms with Gasteiger partial charge in [0.25, 0.3) is 0 Å². The van der Waals surface area contributed by atoms with Crippen molar-refractivity contribution >= 4 is 50.9 Å². The van der Waals surface area contributed by atoms with Crippen molar-refractivity contribution in [1.82, 2.24) is 68.8 Å². The smallest absolute Gasteiger partial charge is 0.223 e. The third-order valence-electron chi connectivity index (χ3n) is 15.7. The summed E-state index contributed by atoms with van der Waals surface area (Å²) in [5.74, 6) is 1.94. The van der Waals surface area contributed by atoms with E-state index in [0.29, 0.717) is 49.1 Å². The molecular weight excluding hydrogens is 1030 g/mol. The van der Waals surface area contributed by atoms with Gasteiger partial charge in [0.1, 0.15) is 16.9 Å². The van der Waals surface area contributed by atoms with Gasteiger partial charge in [-0.15, -0.1) is 0 Å². The summed E-state index contributed by atoms with van der Waals surface area (Å²) in [6.45, 7) is 2.87. The maximum Gasteiger partial charge on any atom is 0.223 e. The third-order valence-corrected chi connectivity index (χ3v) is 15.7. The highest BCUT2D eigenvalue weighted by molar-refractivity contribution is 5.94. The van der Waals surface area contributed by atoms with E-state index in [9.17, 15) is 15.3 Å². The molecule has 1 unspecified atom stereocenters. The van der Waals surface area contributed by atoms with Gasteiger partial charge in [0.15, 0.2) is 0 Å². The highest BCUT2D eigenvalue weighted by atomic mass is 16.5. The molecule has 3 fully saturated rings. The van der Waals surface area contributed by atoms with Crippen molar-refractivity contribution in [2.24, 2.45) is 0 Å². The lowest BCUT2D eigenvalue weighted by molar-refractivity contribution is 0.0681. The largest absolute Gasteiger partial charge is 0.393 e. The van der Waals surface area contributed by atoms with Crippen LogP contribution in [0.4, 0.5) is 17.8 Å². The lowest BCUT2D eigenvalue weighted by Crippen LogP contribution is -2.29. The van der Waals surface area contributed by atoms with Crippen molar-refractivity contribution in [3.8, 4) is 33.8 Å². The fourth-order valence-electron chi connectivity index (χ4n) is 11.3. The molecule has 9 heterocycles. The summed E-state index contributed by atoms with van der Waals surface area (Å²) in [5.41, 5.74) is 8.40. The van der Waals surface area contributed by atoms with Crippen LogP contribution in [-0.4, -0.2) is 175 Å². The van der Waals surface area contributed by atoms with E-state index in [2.05, 4.69) is 92.7 Å². The highest BCUT2D eigenvalue weighted by Gasteiger charge is 2.24. The van der Waals surface area contributed by atoms with E-state index in [1.165, 1.54) is 0 Å². The number of fused-ring (bicyclic) bond motifs is 3. The number of methoxy groups -OCH3 is 1. The van der Waals surface area contributed by atoms with Crippen LogP contribution in [0.1, 0.15) is 77.0 Å². The number of pyridine rings is 3. The molecule has 82 heavy (non-hydrogen) atoms. The molecule has 432 valence electrons. The van der Waals surface area contributed by atoms with Crippen molar-refractivity contribution in [3.63, 3.8) is 0 Å². The van der Waals surface area contributed by atoms with E-state index in [4.69, 9.17) is 19.7 Å². The van der Waals surface area contributed by atoms with Gasteiger partial charge in [-0.3, -0.25) is 0 Å². The Morgan fingerprint density at radius 2 is 1.00 bits per heavy atom. The number of hydrogen-bond acceptors (Lipinski definition) is 18. The van der Waals surface area contributed by atoms with Gasteiger partial charge in [0, 0.05) is 133 Å². The number of nitrogens with zero attached hydrogens (tertiary/aromatic N) is 13. The molecule has 21 heteroatoms. The number of anilines is 3. The minimum absolute atomic E-state index is 0.161. The fraction of sp³-hybridized carbons (Fsp3) is 0.459. The average molecular weight is 1110 g/mol. The second-order valence-electron chi connectivity index (χ2n) is 22.5. The molecule has 0 saturated heterocycles. The van der Waals surface area contributed by atoms with Gasteiger partial charge in [-0.05, 0) is 160 Å². The maximum absolute atomic E-state index is 10.4. The molecule has 21 nitrogen and oxygen atoms in total. The van der Waals surface area contributed by atoms with Crippen molar-refractivity contribution in [3.05, 3.63) is 110 Å². The van der Waals surface area contributed by atoms with E-state index in [1.807, 2.05) is 90.8 Å². The predicted octanol–water partition coefficient (Wildman–Crippen LogP) is 8.29. The molecular formula is C61H79N17O4. The van der Waals surface area contributed by atoms with Gasteiger partial charge in [-0.1, -0.05) is 0 Å². The first-order valence-corrected chi connectivity index (χ1v) is 28.9. The van der Waals surface area contributed by atoms with Crippen LogP contribution >= 0.6 is 0 Å². The minimum Gasteiger partial charge on any atom is -0.393 e. The summed E-state index contributed by atoms with van der Waals surface area (Å²) in [6.07, 6.45) is 27.8. The van der Waals surface area contributed by atoms with Crippen molar-refractivity contribution in [1.29, 1.82) is 0 Å². The molecule has 3 aliphatic carbocycles. The van der Waals surface area contributed by atoms with Crippen LogP contribution < -0.4 is 16.0 Å². The van der Waals surface area contributed by atoms with Gasteiger partial charge in [0.05, 0.1) is 48.0 Å². The Balaban J connectivity index is 0.000000139. The maximum atomic E-state index is 10.4. The molecule has 1 atom stereocenters. The zero-order valence-corrected chi connectivity index (χ0v) is 47.8. The lowest BCUT2D eigenvalue weighted by atomic mass is 9.93. The second-order valence-corrected chi connectivity index (χ2v) is 22.5. The Hall–Kier alpha value is -7.53. The molecule has 7 N–H and O–H groups in total. The van der Waals surface area contributed by atoms with Crippen molar-refractivity contribution < 1.29 is 20.1 Å². The van der Waals surface area contributed by atoms with Crippen molar-refractivity contribution in [2.45, 2.75) is 133 Å². The molecule has 0 spiro atoms. The van der Waals surface area contributed by atoms with Crippen LogP contribution in [0.15, 0.2) is 110 Å². The summed E-state index contributed by atoms with van der Waals surface area (Å²) in [6, 6.07) is 18.8. The summed E-state index contributed by atoms with van der Waals surface area (Å²) in [7, 11) is 9.84. The SMILES string of the molecule is CN(C)CC(O)Cn1cc(-c2ccnc(NC3CCC(O)CC3)n2)c2cccnc21.CN(C)CCn1cc(-c2ccnc(NC3CCC(O)CC3)n2)c2cccnc21.COC1CCC(Nc2nccc(-c3c[nH]c4ncccc34)n2)CC1. The normalized spacial score (nSPS) is 20.5. The molecule has 12 rings (SSSR count). The molecule has 3 saturated carbocycles. The number of ether oxygens (including phenoxy) is 1. The Morgan fingerprint density at radius 3 is 1.49 bits per heavy atom. The third kappa shape index (κ3) is 14.9. The second kappa shape index (κ2) is 27.5. The summed E-state index contributed by atoms with van der Waals surface area (Å²) >= 11 is 0. The van der Waals surface area contributed by atoms with Gasteiger partial charge >= 0.3 is 0 Å². The van der Waals surface area contributed by atoms with Crippen LogP contribution in [0.2, 0.25) is 0 Å². The highest BCUT2D eigenvalue weighted by Crippen LogP contribution is 2.33. The Labute approximate surface area is 479 Å². The van der Waals surface area contributed by atoms with E-state index >= 15 is 0 Å². The van der Waals surface area contributed by atoms with Crippen LogP contribution in [0.5, 0.6) is 0 Å². The van der Waals surface area contributed by atoms with Gasteiger partial charge in [-0.2, -0.15) is 0 Å². The quantitative estimate of drug-likeness (QED) is 0.0453. The van der Waals surface area contributed by atoms with Gasteiger partial charge in [0.2, 0.25) is 17.8 Å². The van der Waals surface area contributed by atoms with E-state index in [-0.39, 0.29) is 18.2 Å². The molecule has 0 aromatic carbocycles. The van der Waals surface area contributed by atoms with E-state index < -0.39 is 6.10 Å². The van der Waals surface area contributed by atoms with Crippen LogP contribution in [0.3, 0.4) is 0 Å². The Morgan fingerprint density at radius 1 is 0.549 bits per heavy atom. The Kier molecular flexibility index (Phi) is 19.3. The number of aromatic amines is 1. The molecule has 0 aliphatic heterocycles. The monoisotopic (exact) mass is 1110 g/mol. The first kappa shape index (κ1) is 57.7. The number of aromatic nitrogens is 12. The molecule has 9 aromatic rings. The number of hydrogen-bond donors (Lipinski definition) is 7. The number of H-pyrrole nitrogens is 1. The number of aliphatic hydroxyl groups is 3. The van der Waals surface area contributed by atoms with Crippen LogP contribution in [-0.2, 0) is 17.8 Å². The number of rotatable bonds is 17. The van der Waals surface area contributed by atoms with Crippen LogP contribution in [0, 0.1) is 0 Å². The zero-order chi connectivity index (χ0) is 57.0. The van der Waals surface area contributed by atoms with E-state index in [0.717, 1.165) is 157 Å². The average Bonchev–Trinajstić information content (AvgIpc) is 4.35. The zero-order valence-electron chi connectivity index (χ0n) is 47.8. The van der Waals surface area contributed by atoms with E-state index in [1.54, 1.807) is 31.9 Å². The number of likely N-dealkylation sites (N-methyl/N-ethyl adjacent to an activating group) is 2. The molecule has 3 aliphatic rings. The molecule has 0 radical (unpaired) electrons. The number of aliphatic hydroxyl groups excluding tert-OH is 3. The van der Waals surface area contributed by atoms with Gasteiger partial charge < -0.3 is 59.9 Å². The minimum atomic E-state index is -0.491. The lowest BCUT2D eigenvalue weighted by Gasteiger charge is -2.28. The summed E-state index contributed by atoms with van der Waals surface area (Å²) in [5, 5.41) is 43.3. The number of nitrogens with one attached hydrogen (secondary N) is 4. The fourth-order valence-corrected chi connectivity index (χ4v) is 11.3.